The Morgan fingerprint density at radius 1 is 1.50 bits per heavy atom. The number of hydrogen-bond acceptors (Lipinski definition) is 3. The van der Waals surface area contributed by atoms with Crippen LogP contribution in [-0.4, -0.2) is 38.1 Å². The fraction of sp³-hybridized carbons (Fsp3) is 0.636. The molecule has 0 saturated heterocycles. The highest BCUT2D eigenvalue weighted by atomic mass is 16.3. The molecule has 1 atom stereocenters. The topological polar surface area (TPSA) is 28.4 Å². The molecule has 80 valence electrons. The first-order valence-corrected chi connectivity index (χ1v) is 5.13. The largest absolute Gasteiger partial charge is 0.469 e. The Morgan fingerprint density at radius 3 is 2.79 bits per heavy atom. The van der Waals surface area contributed by atoms with E-state index in [1.165, 1.54) is 0 Å². The van der Waals surface area contributed by atoms with Crippen LogP contribution in [0.4, 0.5) is 0 Å². The average molecular weight is 196 g/mol. The molecule has 0 aliphatic rings. The van der Waals surface area contributed by atoms with Gasteiger partial charge in [0.15, 0.2) is 0 Å². The van der Waals surface area contributed by atoms with Crippen molar-refractivity contribution in [2.24, 2.45) is 0 Å². The van der Waals surface area contributed by atoms with Gasteiger partial charge in [0, 0.05) is 19.0 Å². The summed E-state index contributed by atoms with van der Waals surface area (Å²) >= 11 is 0. The molecule has 0 fully saturated rings. The van der Waals surface area contributed by atoms with Crippen LogP contribution in [0.5, 0.6) is 0 Å². The van der Waals surface area contributed by atoms with Crippen LogP contribution >= 0.6 is 0 Å². The van der Waals surface area contributed by atoms with E-state index < -0.39 is 0 Å². The third-order valence-electron chi connectivity index (χ3n) is 2.11. The summed E-state index contributed by atoms with van der Waals surface area (Å²) in [6.07, 6.45) is 2.69. The monoisotopic (exact) mass is 196 g/mol. The Balaban J connectivity index is 2.42. The number of rotatable bonds is 6. The minimum absolute atomic E-state index is 0.473. The summed E-state index contributed by atoms with van der Waals surface area (Å²) in [6, 6.07) is 4.44. The summed E-state index contributed by atoms with van der Waals surface area (Å²) in [5.41, 5.74) is 0. The van der Waals surface area contributed by atoms with Crippen molar-refractivity contribution in [2.45, 2.75) is 19.4 Å². The maximum absolute atomic E-state index is 5.33. The zero-order valence-corrected chi connectivity index (χ0v) is 9.29. The van der Waals surface area contributed by atoms with Gasteiger partial charge in [-0.1, -0.05) is 6.92 Å². The molecular weight excluding hydrogens is 176 g/mol. The standard InChI is InChI=1S/C11H20N2O/c1-4-12-10(9-13(2)3)8-11-6-5-7-14-11/h5-7,10,12H,4,8-9H2,1-3H3. The van der Waals surface area contributed by atoms with E-state index in [0.29, 0.717) is 6.04 Å². The van der Waals surface area contributed by atoms with Crippen LogP contribution in [0.15, 0.2) is 22.8 Å². The smallest absolute Gasteiger partial charge is 0.105 e. The second-order valence-corrected chi connectivity index (χ2v) is 3.80. The van der Waals surface area contributed by atoms with Crippen molar-refractivity contribution in [2.75, 3.05) is 27.2 Å². The molecule has 0 amide bonds. The van der Waals surface area contributed by atoms with E-state index in [9.17, 15) is 0 Å². The molecule has 0 aliphatic heterocycles. The van der Waals surface area contributed by atoms with Gasteiger partial charge in [0.25, 0.3) is 0 Å². The predicted molar refractivity (Wildman–Crippen MR) is 58.4 cm³/mol. The van der Waals surface area contributed by atoms with Gasteiger partial charge in [0.05, 0.1) is 6.26 Å². The summed E-state index contributed by atoms with van der Waals surface area (Å²) in [6.45, 7) is 4.17. The van der Waals surface area contributed by atoms with E-state index in [-0.39, 0.29) is 0 Å². The second-order valence-electron chi connectivity index (χ2n) is 3.80. The van der Waals surface area contributed by atoms with E-state index in [0.717, 1.165) is 25.3 Å². The maximum atomic E-state index is 5.33. The Kier molecular flexibility index (Phi) is 4.70. The zero-order valence-electron chi connectivity index (χ0n) is 9.29. The summed E-state index contributed by atoms with van der Waals surface area (Å²) < 4.78 is 5.33. The van der Waals surface area contributed by atoms with Crippen molar-refractivity contribution in [1.82, 2.24) is 10.2 Å². The number of hydrogen-bond donors (Lipinski definition) is 1. The highest BCUT2D eigenvalue weighted by Crippen LogP contribution is 2.04. The van der Waals surface area contributed by atoms with Gasteiger partial charge in [-0.25, -0.2) is 0 Å². The number of nitrogens with zero attached hydrogens (tertiary/aromatic N) is 1. The lowest BCUT2D eigenvalue weighted by atomic mass is 10.1. The lowest BCUT2D eigenvalue weighted by molar-refractivity contribution is 0.327. The average Bonchev–Trinajstić information content (AvgIpc) is 2.56. The molecule has 3 nitrogen and oxygen atoms in total. The predicted octanol–water partition coefficient (Wildman–Crippen LogP) is 1.36. The Hall–Kier alpha value is -0.800. The molecule has 0 aliphatic carbocycles. The molecule has 1 N–H and O–H groups in total. The van der Waals surface area contributed by atoms with E-state index in [1.807, 2.05) is 12.1 Å². The Morgan fingerprint density at radius 2 is 2.29 bits per heavy atom. The quantitative estimate of drug-likeness (QED) is 0.744. The molecule has 0 aromatic carbocycles. The summed E-state index contributed by atoms with van der Waals surface area (Å²) in [5.74, 6) is 1.05. The number of nitrogens with one attached hydrogen (secondary N) is 1. The molecule has 0 spiro atoms. The highest BCUT2D eigenvalue weighted by Gasteiger charge is 2.10. The van der Waals surface area contributed by atoms with E-state index in [4.69, 9.17) is 4.42 Å². The molecule has 1 rings (SSSR count). The van der Waals surface area contributed by atoms with Crippen LogP contribution in [0.3, 0.4) is 0 Å². The molecule has 14 heavy (non-hydrogen) atoms. The molecule has 3 heteroatoms. The normalized spacial score (nSPS) is 13.4. The van der Waals surface area contributed by atoms with Gasteiger partial charge in [-0.3, -0.25) is 0 Å². The third kappa shape index (κ3) is 3.94. The molecule has 1 heterocycles. The summed E-state index contributed by atoms with van der Waals surface area (Å²) in [5, 5.41) is 3.45. The van der Waals surface area contributed by atoms with Crippen molar-refractivity contribution < 1.29 is 4.42 Å². The first kappa shape index (κ1) is 11.3. The Bertz CT molecular complexity index is 231. The van der Waals surface area contributed by atoms with Crippen LogP contribution in [0.2, 0.25) is 0 Å². The SMILES string of the molecule is CCNC(Cc1ccco1)CN(C)C. The minimum Gasteiger partial charge on any atom is -0.469 e. The van der Waals surface area contributed by atoms with Crippen molar-refractivity contribution in [3.05, 3.63) is 24.2 Å². The second kappa shape index (κ2) is 5.83. The highest BCUT2D eigenvalue weighted by molar-refractivity contribution is 5.00. The first-order valence-electron chi connectivity index (χ1n) is 5.13. The van der Waals surface area contributed by atoms with Gasteiger partial charge in [0.2, 0.25) is 0 Å². The molecule has 0 bridgehead atoms. The Labute approximate surface area is 86.1 Å². The van der Waals surface area contributed by atoms with E-state index >= 15 is 0 Å². The maximum Gasteiger partial charge on any atom is 0.105 e. The molecule has 0 radical (unpaired) electrons. The molecule has 1 aromatic rings. The van der Waals surface area contributed by atoms with Crippen LogP contribution in [0, 0.1) is 0 Å². The third-order valence-corrected chi connectivity index (χ3v) is 2.11. The summed E-state index contributed by atoms with van der Waals surface area (Å²) in [4.78, 5) is 2.19. The van der Waals surface area contributed by atoms with Crippen molar-refractivity contribution in [1.29, 1.82) is 0 Å². The van der Waals surface area contributed by atoms with Gasteiger partial charge in [0.1, 0.15) is 5.76 Å². The van der Waals surface area contributed by atoms with Gasteiger partial charge >= 0.3 is 0 Å². The van der Waals surface area contributed by atoms with Crippen LogP contribution in [-0.2, 0) is 6.42 Å². The van der Waals surface area contributed by atoms with Gasteiger partial charge < -0.3 is 14.6 Å². The first-order chi connectivity index (χ1) is 6.72. The molecule has 1 aromatic heterocycles. The van der Waals surface area contributed by atoms with E-state index in [2.05, 4.69) is 31.2 Å². The van der Waals surface area contributed by atoms with Crippen LogP contribution in [0.25, 0.3) is 0 Å². The lowest BCUT2D eigenvalue weighted by Gasteiger charge is -2.20. The van der Waals surface area contributed by atoms with Crippen molar-refractivity contribution in [3.8, 4) is 0 Å². The molecular formula is C11H20N2O. The number of likely N-dealkylation sites (N-methyl/N-ethyl adjacent to an activating group) is 2. The van der Waals surface area contributed by atoms with Gasteiger partial charge in [-0.15, -0.1) is 0 Å². The van der Waals surface area contributed by atoms with Crippen LogP contribution < -0.4 is 5.32 Å². The van der Waals surface area contributed by atoms with Crippen LogP contribution in [0.1, 0.15) is 12.7 Å². The van der Waals surface area contributed by atoms with E-state index in [1.54, 1.807) is 6.26 Å². The minimum atomic E-state index is 0.473. The number of furan rings is 1. The van der Waals surface area contributed by atoms with Crippen molar-refractivity contribution in [3.63, 3.8) is 0 Å². The zero-order chi connectivity index (χ0) is 10.4. The summed E-state index contributed by atoms with van der Waals surface area (Å²) in [7, 11) is 4.18. The van der Waals surface area contributed by atoms with Gasteiger partial charge in [-0.05, 0) is 32.8 Å². The fourth-order valence-electron chi connectivity index (χ4n) is 1.60. The molecule has 1 unspecified atom stereocenters. The molecule has 0 saturated carbocycles. The van der Waals surface area contributed by atoms with Crippen molar-refractivity contribution >= 4 is 0 Å². The lowest BCUT2D eigenvalue weighted by Crippen LogP contribution is -2.39. The fourth-order valence-corrected chi connectivity index (χ4v) is 1.60. The van der Waals surface area contributed by atoms with Gasteiger partial charge in [-0.2, -0.15) is 0 Å².